The molecule has 0 N–H and O–H groups in total. The summed E-state index contributed by atoms with van der Waals surface area (Å²) < 4.78 is 0. The van der Waals surface area contributed by atoms with E-state index in [9.17, 15) is 0 Å². The molecule has 0 aliphatic heterocycles. The van der Waals surface area contributed by atoms with Crippen LogP contribution >= 0.6 is 120 Å². The maximum absolute atomic E-state index is 0. The molecule has 6 heteroatoms. The maximum atomic E-state index is 0. The third-order valence-corrected chi connectivity index (χ3v) is 0. The second-order valence-corrected chi connectivity index (χ2v) is 0. The van der Waals surface area contributed by atoms with Crippen LogP contribution in [0.2, 0.25) is 0 Å². The predicted molar refractivity (Wildman–Crippen MR) is 84.2 cm³/mol. The molecule has 42 valence electrons. The predicted octanol–water partition coefficient (Wildman–Crippen LogP) is 2.44. The van der Waals surface area contributed by atoms with Crippen LogP contribution in [-0.4, -0.2) is 68.9 Å². The van der Waals surface area contributed by atoms with Crippen molar-refractivity contribution in [2.24, 2.45) is 0 Å². The first-order valence-electron chi connectivity index (χ1n) is 0. The number of halogens is 5. The summed E-state index contributed by atoms with van der Waals surface area (Å²) in [4.78, 5) is 0. The van der Waals surface area contributed by atoms with Crippen molar-refractivity contribution in [1.29, 1.82) is 0 Å². The van der Waals surface area contributed by atoms with Gasteiger partial charge in [0.2, 0.25) is 0 Å². The van der Waals surface area contributed by atoms with Gasteiger partial charge in [0.25, 0.3) is 0 Å². The average molecular weight is 773 g/mol. The Labute approximate surface area is 182 Å². The normalized spacial score (nSPS) is 0. The molecule has 0 fully saturated rings. The van der Waals surface area contributed by atoms with E-state index in [0.717, 1.165) is 0 Å². The molecule has 0 atom stereocenters. The van der Waals surface area contributed by atoms with Gasteiger partial charge >= 0.3 is 68.9 Å². The molecule has 0 amide bonds. The van der Waals surface area contributed by atoms with Gasteiger partial charge in [0.1, 0.15) is 0 Å². The van der Waals surface area contributed by atoms with Crippen LogP contribution in [0.4, 0.5) is 0 Å². The Balaban J connectivity index is 0. The van der Waals surface area contributed by atoms with Crippen molar-refractivity contribution in [2.45, 2.75) is 0 Å². The molecule has 0 aromatic rings. The Kier molecular flexibility index (Phi) is 213. The fourth-order valence-electron chi connectivity index (χ4n) is 0. The topological polar surface area (TPSA) is 0 Å². The molecule has 0 saturated heterocycles. The van der Waals surface area contributed by atoms with Gasteiger partial charge in [-0.3, -0.25) is 0 Å². The molecule has 0 radical (unpaired) electrons. The van der Waals surface area contributed by atoms with E-state index in [1.54, 1.807) is 0 Å². The average Bonchev–Trinajstić information content (AvgIpc) is 0. The van der Waals surface area contributed by atoms with E-state index in [0.29, 0.717) is 0 Å². The molecule has 0 aromatic heterocycles. The van der Waals surface area contributed by atoms with Crippen molar-refractivity contribution in [1.82, 2.24) is 0 Å². The molecule has 0 aromatic carbocycles. The summed E-state index contributed by atoms with van der Waals surface area (Å²) in [6.45, 7) is 0. The molecule has 0 saturated carbocycles. The van der Waals surface area contributed by atoms with Crippen LogP contribution in [0, 0.1) is 0 Å². The van der Waals surface area contributed by atoms with Gasteiger partial charge in [-0.25, -0.2) is 0 Å². The summed E-state index contributed by atoms with van der Waals surface area (Å²) in [6.07, 6.45) is 0. The summed E-state index contributed by atoms with van der Waals surface area (Å²) in [6, 6.07) is 0. The zero-order valence-electron chi connectivity index (χ0n) is 2.04. The van der Waals surface area contributed by atoms with Crippen molar-refractivity contribution in [3.8, 4) is 0 Å². The van der Waals surface area contributed by atoms with Crippen molar-refractivity contribution in [3.63, 3.8) is 0 Å². The first-order chi connectivity index (χ1) is 0. The molecule has 0 bridgehead atoms. The molecule has 0 spiro atoms. The van der Waals surface area contributed by atoms with Crippen molar-refractivity contribution < 1.29 is 0 Å². The van der Waals surface area contributed by atoms with E-state index < -0.39 is 0 Å². The SMILES string of the molecule is I.I.I.I.I.[CsH]. The van der Waals surface area contributed by atoms with Gasteiger partial charge in [0.05, 0.1) is 0 Å². The number of hydrogen-bond acceptors (Lipinski definition) is 0. The van der Waals surface area contributed by atoms with Crippen LogP contribution in [0.3, 0.4) is 0 Å². The van der Waals surface area contributed by atoms with Crippen LogP contribution < -0.4 is 0 Å². The Morgan fingerprint density at radius 1 is 0.333 bits per heavy atom. The van der Waals surface area contributed by atoms with Gasteiger partial charge in [0, 0.05) is 0 Å². The van der Waals surface area contributed by atoms with Crippen LogP contribution in [-0.2, 0) is 0 Å². The fourth-order valence-corrected chi connectivity index (χ4v) is 0. The van der Waals surface area contributed by atoms with E-state index in [1.165, 1.54) is 0 Å². The molecular weight excluding hydrogens is 767 g/mol. The standard InChI is InChI=1S/Cs.5HI.H/h;5*1H;. The zero-order valence-corrected chi connectivity index (χ0v) is 13.7. The van der Waals surface area contributed by atoms with Gasteiger partial charge < -0.3 is 0 Å². The summed E-state index contributed by atoms with van der Waals surface area (Å²) in [5.74, 6) is 0. The number of hydrogen-bond donors (Lipinski definition) is 0. The first-order valence-corrected chi connectivity index (χ1v) is 0. The van der Waals surface area contributed by atoms with Gasteiger partial charge in [0.15, 0.2) is 0 Å². The Hall–Kier alpha value is 5.70. The molecule has 0 nitrogen and oxygen atoms in total. The van der Waals surface area contributed by atoms with Gasteiger partial charge in [-0.15, -0.1) is 120 Å². The fraction of sp³-hybridized carbons (Fsp3) is 0. The van der Waals surface area contributed by atoms with E-state index >= 15 is 0 Å². The Morgan fingerprint density at radius 2 is 0.333 bits per heavy atom. The molecule has 0 aliphatic rings. The van der Waals surface area contributed by atoms with E-state index in [1.807, 2.05) is 0 Å². The van der Waals surface area contributed by atoms with Crippen LogP contribution in [0.5, 0.6) is 0 Å². The molecule has 0 heterocycles. The van der Waals surface area contributed by atoms with Crippen LogP contribution in [0.1, 0.15) is 0 Å². The first kappa shape index (κ1) is 41.2. The van der Waals surface area contributed by atoms with Gasteiger partial charge in [-0.05, 0) is 0 Å². The zero-order chi connectivity index (χ0) is 0. The monoisotopic (exact) mass is 773 g/mol. The van der Waals surface area contributed by atoms with Crippen LogP contribution in [0.25, 0.3) is 0 Å². The minimum absolute atomic E-state index is 0. The number of rotatable bonds is 0. The molecule has 0 rings (SSSR count). The van der Waals surface area contributed by atoms with Crippen molar-refractivity contribution in [2.75, 3.05) is 0 Å². The Bertz CT molecular complexity index is 3.90. The summed E-state index contributed by atoms with van der Waals surface area (Å²) in [5, 5.41) is 0. The third kappa shape index (κ3) is 22.6. The molecule has 0 aliphatic carbocycles. The van der Waals surface area contributed by atoms with E-state index in [4.69, 9.17) is 0 Å². The third-order valence-electron chi connectivity index (χ3n) is 0. The minimum atomic E-state index is 0. The molecular formula is H6CsI5. The van der Waals surface area contributed by atoms with E-state index in [2.05, 4.69) is 0 Å². The summed E-state index contributed by atoms with van der Waals surface area (Å²) in [5.41, 5.74) is 0. The second-order valence-electron chi connectivity index (χ2n) is 0. The van der Waals surface area contributed by atoms with Gasteiger partial charge in [-0.2, -0.15) is 0 Å². The quantitative estimate of drug-likeness (QED) is 0.333. The van der Waals surface area contributed by atoms with Crippen molar-refractivity contribution in [3.05, 3.63) is 0 Å². The van der Waals surface area contributed by atoms with Crippen LogP contribution in [0.15, 0.2) is 0 Å². The molecule has 0 unspecified atom stereocenters. The summed E-state index contributed by atoms with van der Waals surface area (Å²) >= 11 is 0. The second kappa shape index (κ2) is 31.0. The van der Waals surface area contributed by atoms with E-state index in [-0.39, 0.29) is 189 Å². The summed E-state index contributed by atoms with van der Waals surface area (Å²) in [7, 11) is 0. The Morgan fingerprint density at radius 3 is 0.333 bits per heavy atom. The molecule has 6 heavy (non-hydrogen) atoms. The van der Waals surface area contributed by atoms with Crippen molar-refractivity contribution >= 4 is 189 Å². The van der Waals surface area contributed by atoms with Gasteiger partial charge in [-0.1, -0.05) is 0 Å².